The zero-order valence-electron chi connectivity index (χ0n) is 7.89. The van der Waals surface area contributed by atoms with Gasteiger partial charge in [0, 0.05) is 5.92 Å². The molecule has 0 spiro atoms. The molecule has 0 aromatic carbocycles. The molecule has 0 aliphatic heterocycles. The molecule has 5 heteroatoms. The van der Waals surface area contributed by atoms with E-state index in [9.17, 15) is 4.79 Å². The van der Waals surface area contributed by atoms with Crippen molar-refractivity contribution in [2.24, 2.45) is 0 Å². The van der Waals surface area contributed by atoms with E-state index in [0.717, 1.165) is 18.5 Å². The fraction of sp³-hybridized carbons (Fsp3) is 0.667. The van der Waals surface area contributed by atoms with E-state index in [1.807, 2.05) is 0 Å². The molecular formula is C9H13N3O2. The molecule has 1 aromatic heterocycles. The van der Waals surface area contributed by atoms with Gasteiger partial charge in [-0.05, 0) is 12.8 Å². The number of hydrogen-bond donors (Lipinski definition) is 1. The van der Waals surface area contributed by atoms with Crippen LogP contribution in [-0.2, 0) is 11.3 Å². The maximum Gasteiger partial charge on any atom is 0.325 e. The van der Waals surface area contributed by atoms with Crippen LogP contribution < -0.4 is 0 Å². The van der Waals surface area contributed by atoms with Gasteiger partial charge < -0.3 is 5.11 Å². The topological polar surface area (TPSA) is 68.0 Å². The summed E-state index contributed by atoms with van der Waals surface area (Å²) in [6.07, 6.45) is 6.41. The van der Waals surface area contributed by atoms with Gasteiger partial charge in [0.15, 0.2) is 0 Å². The van der Waals surface area contributed by atoms with Gasteiger partial charge in [-0.3, -0.25) is 4.79 Å². The first kappa shape index (κ1) is 9.18. The quantitative estimate of drug-likeness (QED) is 0.781. The summed E-state index contributed by atoms with van der Waals surface area (Å²) < 4.78 is 1.50. The highest BCUT2D eigenvalue weighted by Crippen LogP contribution is 2.33. The van der Waals surface area contributed by atoms with Crippen molar-refractivity contribution in [3.63, 3.8) is 0 Å². The van der Waals surface area contributed by atoms with E-state index >= 15 is 0 Å². The second-order valence-electron chi connectivity index (χ2n) is 3.69. The first-order chi connectivity index (χ1) is 6.77. The SMILES string of the molecule is O=C(O)Cn1nncc1C1CCCC1. The molecule has 0 unspecified atom stereocenters. The van der Waals surface area contributed by atoms with Crippen molar-refractivity contribution in [3.05, 3.63) is 11.9 Å². The van der Waals surface area contributed by atoms with E-state index in [-0.39, 0.29) is 6.54 Å². The Hall–Kier alpha value is -1.39. The molecule has 0 atom stereocenters. The van der Waals surface area contributed by atoms with Crippen molar-refractivity contribution < 1.29 is 9.90 Å². The Kier molecular flexibility index (Phi) is 2.47. The summed E-state index contributed by atoms with van der Waals surface area (Å²) in [5, 5.41) is 16.2. The fourth-order valence-electron chi connectivity index (χ4n) is 2.05. The lowest BCUT2D eigenvalue weighted by atomic mass is 10.1. The third kappa shape index (κ3) is 1.76. The fourth-order valence-corrected chi connectivity index (χ4v) is 2.05. The minimum atomic E-state index is -0.866. The van der Waals surface area contributed by atoms with E-state index in [2.05, 4.69) is 10.3 Å². The van der Waals surface area contributed by atoms with Crippen LogP contribution in [0.4, 0.5) is 0 Å². The molecule has 1 heterocycles. The first-order valence-electron chi connectivity index (χ1n) is 4.87. The van der Waals surface area contributed by atoms with E-state index < -0.39 is 5.97 Å². The van der Waals surface area contributed by atoms with Crippen molar-refractivity contribution >= 4 is 5.97 Å². The predicted molar refractivity (Wildman–Crippen MR) is 48.9 cm³/mol. The van der Waals surface area contributed by atoms with Crippen molar-refractivity contribution in [2.45, 2.75) is 38.1 Å². The summed E-state index contributed by atoms with van der Waals surface area (Å²) in [5.74, 6) is -0.404. The van der Waals surface area contributed by atoms with E-state index in [1.165, 1.54) is 17.5 Å². The van der Waals surface area contributed by atoms with E-state index in [1.54, 1.807) is 6.20 Å². The van der Waals surface area contributed by atoms with Crippen LogP contribution in [0, 0.1) is 0 Å². The highest BCUT2D eigenvalue weighted by atomic mass is 16.4. The zero-order chi connectivity index (χ0) is 9.97. The number of aromatic nitrogens is 3. The molecule has 1 aromatic rings. The van der Waals surface area contributed by atoms with Crippen LogP contribution in [0.1, 0.15) is 37.3 Å². The zero-order valence-corrected chi connectivity index (χ0v) is 7.89. The Morgan fingerprint density at radius 1 is 1.57 bits per heavy atom. The molecule has 1 saturated carbocycles. The number of aliphatic carboxylic acids is 1. The maximum atomic E-state index is 10.5. The molecule has 1 aliphatic rings. The summed E-state index contributed by atoms with van der Waals surface area (Å²) in [6.45, 7) is -0.0775. The maximum absolute atomic E-state index is 10.5. The van der Waals surface area contributed by atoms with Gasteiger partial charge >= 0.3 is 5.97 Å². The van der Waals surface area contributed by atoms with E-state index in [4.69, 9.17) is 5.11 Å². The summed E-state index contributed by atoms with van der Waals surface area (Å²) in [4.78, 5) is 10.5. The summed E-state index contributed by atoms with van der Waals surface area (Å²) in [5.41, 5.74) is 0.977. The molecule has 1 N–H and O–H groups in total. The Bertz CT molecular complexity index is 329. The van der Waals surface area contributed by atoms with Gasteiger partial charge in [-0.2, -0.15) is 0 Å². The number of carboxylic acid groups (broad SMARTS) is 1. The molecule has 0 bridgehead atoms. The number of hydrogen-bond acceptors (Lipinski definition) is 3. The molecule has 0 radical (unpaired) electrons. The van der Waals surface area contributed by atoms with Crippen LogP contribution in [0.3, 0.4) is 0 Å². The first-order valence-corrected chi connectivity index (χ1v) is 4.87. The van der Waals surface area contributed by atoms with Crippen molar-refractivity contribution in [1.82, 2.24) is 15.0 Å². The van der Waals surface area contributed by atoms with Crippen LogP contribution in [-0.4, -0.2) is 26.1 Å². The normalized spacial score (nSPS) is 17.4. The second kappa shape index (κ2) is 3.77. The largest absolute Gasteiger partial charge is 0.480 e. The average molecular weight is 195 g/mol. The molecule has 0 saturated heterocycles. The Labute approximate surface area is 81.7 Å². The van der Waals surface area contributed by atoms with Crippen molar-refractivity contribution in [2.75, 3.05) is 0 Å². The highest BCUT2D eigenvalue weighted by Gasteiger charge is 2.21. The van der Waals surface area contributed by atoms with Crippen molar-refractivity contribution in [3.8, 4) is 0 Å². The van der Waals surface area contributed by atoms with E-state index in [0.29, 0.717) is 5.92 Å². The molecule has 76 valence electrons. The molecule has 5 nitrogen and oxygen atoms in total. The minimum Gasteiger partial charge on any atom is -0.480 e. The average Bonchev–Trinajstić information content (AvgIpc) is 2.70. The van der Waals surface area contributed by atoms with Crippen LogP contribution >= 0.6 is 0 Å². The third-order valence-corrected chi connectivity index (χ3v) is 2.71. The Morgan fingerprint density at radius 2 is 2.29 bits per heavy atom. The summed E-state index contributed by atoms with van der Waals surface area (Å²) in [6, 6.07) is 0. The van der Waals surface area contributed by atoms with Crippen LogP contribution in [0.5, 0.6) is 0 Å². The predicted octanol–water partition coefficient (Wildman–Crippen LogP) is 1.02. The standard InChI is InChI=1S/C9H13N3O2/c13-9(14)6-12-8(5-10-11-12)7-3-1-2-4-7/h5,7H,1-4,6H2,(H,13,14). The van der Waals surface area contributed by atoms with Crippen molar-refractivity contribution in [1.29, 1.82) is 0 Å². The van der Waals surface area contributed by atoms with Gasteiger partial charge in [-0.25, -0.2) is 4.68 Å². The molecule has 0 amide bonds. The Balaban J connectivity index is 2.15. The van der Waals surface area contributed by atoms with Gasteiger partial charge in [0.2, 0.25) is 0 Å². The van der Waals surface area contributed by atoms with Crippen LogP contribution in [0.25, 0.3) is 0 Å². The molecular weight excluding hydrogens is 182 g/mol. The lowest BCUT2D eigenvalue weighted by molar-refractivity contribution is -0.138. The third-order valence-electron chi connectivity index (χ3n) is 2.71. The second-order valence-corrected chi connectivity index (χ2v) is 3.69. The van der Waals surface area contributed by atoms with Gasteiger partial charge in [-0.1, -0.05) is 18.1 Å². The van der Waals surface area contributed by atoms with Gasteiger partial charge in [-0.15, -0.1) is 5.10 Å². The number of carbonyl (C=O) groups is 1. The number of carboxylic acids is 1. The Morgan fingerprint density at radius 3 is 2.93 bits per heavy atom. The van der Waals surface area contributed by atoms with Gasteiger partial charge in [0.1, 0.15) is 6.54 Å². The summed E-state index contributed by atoms with van der Waals surface area (Å²) in [7, 11) is 0. The van der Waals surface area contributed by atoms with Crippen LogP contribution in [0.15, 0.2) is 6.20 Å². The highest BCUT2D eigenvalue weighted by molar-refractivity contribution is 5.66. The lowest BCUT2D eigenvalue weighted by Crippen LogP contribution is -2.14. The summed E-state index contributed by atoms with van der Waals surface area (Å²) >= 11 is 0. The molecule has 2 rings (SSSR count). The number of nitrogens with zero attached hydrogens (tertiary/aromatic N) is 3. The smallest absolute Gasteiger partial charge is 0.325 e. The molecule has 1 aliphatic carbocycles. The lowest BCUT2D eigenvalue weighted by Gasteiger charge is -2.09. The molecule has 14 heavy (non-hydrogen) atoms. The molecule has 1 fully saturated rings. The monoisotopic (exact) mass is 195 g/mol. The van der Waals surface area contributed by atoms with Gasteiger partial charge in [0.05, 0.1) is 11.9 Å². The minimum absolute atomic E-state index is 0.0775. The van der Waals surface area contributed by atoms with Crippen LogP contribution in [0.2, 0.25) is 0 Å². The number of rotatable bonds is 3. The van der Waals surface area contributed by atoms with Gasteiger partial charge in [0.25, 0.3) is 0 Å².